The maximum absolute atomic E-state index is 14.5. The number of ether oxygens (including phenoxy) is 2. The van der Waals surface area contributed by atoms with Gasteiger partial charge in [-0.25, -0.2) is 9.37 Å². The molecule has 1 aromatic carbocycles. The number of rotatable bonds is 10. The number of pyridine rings is 1. The molecule has 2 aromatic rings. The maximum Gasteiger partial charge on any atom is 0.146 e. The van der Waals surface area contributed by atoms with E-state index < -0.39 is 0 Å². The monoisotopic (exact) mass is 504 g/mol. The summed E-state index contributed by atoms with van der Waals surface area (Å²) in [5.74, 6) is 1.05. The van der Waals surface area contributed by atoms with Gasteiger partial charge in [-0.2, -0.15) is 0 Å². The lowest BCUT2D eigenvalue weighted by atomic mass is 9.90. The molecule has 0 bridgehead atoms. The summed E-state index contributed by atoms with van der Waals surface area (Å²) in [7, 11) is 1.74. The average Bonchev–Trinajstić information content (AvgIpc) is 2.87. The fourth-order valence-corrected chi connectivity index (χ4v) is 5.30. The molecule has 0 radical (unpaired) electrons. The van der Waals surface area contributed by atoms with Crippen LogP contribution in [0.4, 0.5) is 15.9 Å². The van der Waals surface area contributed by atoms with E-state index in [9.17, 15) is 4.39 Å². The van der Waals surface area contributed by atoms with Crippen LogP contribution >= 0.6 is 11.6 Å². The minimum absolute atomic E-state index is 0.255. The Balaban J connectivity index is 1.37. The van der Waals surface area contributed by atoms with E-state index in [4.69, 9.17) is 21.1 Å². The molecular weight excluding hydrogens is 467 g/mol. The first kappa shape index (κ1) is 26.1. The molecule has 2 fully saturated rings. The van der Waals surface area contributed by atoms with Crippen LogP contribution in [0.25, 0.3) is 11.1 Å². The zero-order valence-electron chi connectivity index (χ0n) is 20.8. The molecule has 2 heterocycles. The van der Waals surface area contributed by atoms with Crippen molar-refractivity contribution in [1.82, 2.24) is 10.3 Å². The van der Waals surface area contributed by atoms with E-state index in [2.05, 4.69) is 27.9 Å². The van der Waals surface area contributed by atoms with Crippen molar-refractivity contribution >= 4 is 23.1 Å². The lowest BCUT2D eigenvalue weighted by Gasteiger charge is -2.32. The number of methoxy groups -OCH3 is 1. The first-order valence-corrected chi connectivity index (χ1v) is 13.2. The highest BCUT2D eigenvalue weighted by molar-refractivity contribution is 6.33. The van der Waals surface area contributed by atoms with Crippen molar-refractivity contribution in [3.8, 4) is 11.1 Å². The lowest BCUT2D eigenvalue weighted by Crippen LogP contribution is -2.42. The number of benzene rings is 1. The van der Waals surface area contributed by atoms with E-state index >= 15 is 0 Å². The molecule has 1 atom stereocenters. The number of hydrogen-bond acceptors (Lipinski definition) is 6. The van der Waals surface area contributed by atoms with E-state index in [-0.39, 0.29) is 5.82 Å². The Kier molecular flexibility index (Phi) is 9.60. The number of anilines is 2. The Hall–Kier alpha value is -1.93. The minimum Gasteiger partial charge on any atom is -0.383 e. The maximum atomic E-state index is 14.5. The number of aromatic nitrogens is 1. The fourth-order valence-electron chi connectivity index (χ4n) is 5.09. The summed E-state index contributed by atoms with van der Waals surface area (Å²) in [6.07, 6.45) is 8.07. The first-order valence-electron chi connectivity index (χ1n) is 12.8. The van der Waals surface area contributed by atoms with Gasteiger partial charge < -0.3 is 25.4 Å². The Morgan fingerprint density at radius 2 is 1.86 bits per heavy atom. The van der Waals surface area contributed by atoms with Crippen molar-refractivity contribution in [2.24, 2.45) is 5.92 Å². The molecule has 192 valence electrons. The van der Waals surface area contributed by atoms with Crippen LogP contribution in [0.1, 0.15) is 45.4 Å². The van der Waals surface area contributed by atoms with E-state index in [0.717, 1.165) is 81.8 Å². The van der Waals surface area contributed by atoms with Gasteiger partial charge in [0.1, 0.15) is 11.6 Å². The highest BCUT2D eigenvalue weighted by Crippen LogP contribution is 2.33. The van der Waals surface area contributed by atoms with Crippen molar-refractivity contribution in [1.29, 1.82) is 0 Å². The SMILES string of the molecule is COC[C@@H](C)NC1CCC(Nc2cc(-c3ccc(F)c(NCC4CCOCC4)c3)c(Cl)cn2)CC1. The number of hydrogen-bond donors (Lipinski definition) is 3. The third-order valence-electron chi connectivity index (χ3n) is 7.07. The zero-order valence-corrected chi connectivity index (χ0v) is 21.5. The molecule has 0 amide bonds. The van der Waals surface area contributed by atoms with Crippen LogP contribution in [0.2, 0.25) is 5.02 Å². The standard InChI is InChI=1S/C27H38ClFN4O2/c1-18(17-34-2)32-21-4-6-22(7-5-21)33-27-14-23(24(28)16-31-27)20-3-8-25(29)26(13-20)30-15-19-9-11-35-12-10-19/h3,8,13-14,16,18-19,21-22,30,32H,4-7,9-12,15,17H2,1-2H3,(H,31,33)/t18-,21?,22?/m1/s1. The van der Waals surface area contributed by atoms with Crippen molar-refractivity contribution in [2.45, 2.75) is 63.6 Å². The molecule has 1 aliphatic heterocycles. The molecule has 2 aliphatic rings. The topological polar surface area (TPSA) is 67.4 Å². The van der Waals surface area contributed by atoms with Crippen LogP contribution in [0.3, 0.4) is 0 Å². The highest BCUT2D eigenvalue weighted by Gasteiger charge is 2.23. The van der Waals surface area contributed by atoms with Crippen LogP contribution in [0.15, 0.2) is 30.5 Å². The quantitative estimate of drug-likeness (QED) is 0.384. The Morgan fingerprint density at radius 1 is 1.11 bits per heavy atom. The average molecular weight is 505 g/mol. The molecule has 0 spiro atoms. The lowest BCUT2D eigenvalue weighted by molar-refractivity contribution is 0.0699. The van der Waals surface area contributed by atoms with Gasteiger partial charge in [-0.05, 0) is 75.1 Å². The number of nitrogens with one attached hydrogen (secondary N) is 3. The summed E-state index contributed by atoms with van der Waals surface area (Å²) >= 11 is 6.52. The van der Waals surface area contributed by atoms with Crippen LogP contribution < -0.4 is 16.0 Å². The molecule has 3 N–H and O–H groups in total. The van der Waals surface area contributed by atoms with Crippen molar-refractivity contribution in [2.75, 3.05) is 44.1 Å². The van der Waals surface area contributed by atoms with Crippen LogP contribution in [0, 0.1) is 11.7 Å². The van der Waals surface area contributed by atoms with E-state index in [1.807, 2.05) is 12.1 Å². The molecule has 1 aromatic heterocycles. The van der Waals surface area contributed by atoms with Crippen LogP contribution in [-0.4, -0.2) is 56.6 Å². The molecule has 4 rings (SSSR count). The summed E-state index contributed by atoms with van der Waals surface area (Å²) in [4.78, 5) is 4.51. The van der Waals surface area contributed by atoms with Gasteiger partial charge in [0.25, 0.3) is 0 Å². The summed E-state index contributed by atoms with van der Waals surface area (Å²) in [5.41, 5.74) is 2.23. The molecule has 0 unspecified atom stereocenters. The van der Waals surface area contributed by atoms with Gasteiger partial charge >= 0.3 is 0 Å². The molecule has 35 heavy (non-hydrogen) atoms. The van der Waals surface area contributed by atoms with Gasteiger partial charge in [0.2, 0.25) is 0 Å². The second-order valence-corrected chi connectivity index (χ2v) is 10.3. The largest absolute Gasteiger partial charge is 0.383 e. The summed E-state index contributed by atoms with van der Waals surface area (Å²) in [6.45, 7) is 5.19. The molecular formula is C27H38ClFN4O2. The van der Waals surface area contributed by atoms with Gasteiger partial charge in [0.15, 0.2) is 0 Å². The third-order valence-corrected chi connectivity index (χ3v) is 7.37. The normalized spacial score (nSPS) is 22.1. The summed E-state index contributed by atoms with van der Waals surface area (Å²) < 4.78 is 25.2. The fraction of sp³-hybridized carbons (Fsp3) is 0.593. The van der Waals surface area contributed by atoms with E-state index in [1.54, 1.807) is 19.4 Å². The second-order valence-electron chi connectivity index (χ2n) is 9.90. The molecule has 6 nitrogen and oxygen atoms in total. The van der Waals surface area contributed by atoms with Gasteiger partial charge in [0, 0.05) is 56.8 Å². The zero-order chi connectivity index (χ0) is 24.6. The van der Waals surface area contributed by atoms with Crippen molar-refractivity contribution in [3.05, 3.63) is 41.3 Å². The van der Waals surface area contributed by atoms with Crippen LogP contribution in [-0.2, 0) is 9.47 Å². The van der Waals surface area contributed by atoms with Crippen molar-refractivity contribution < 1.29 is 13.9 Å². The highest BCUT2D eigenvalue weighted by atomic mass is 35.5. The predicted octanol–water partition coefficient (Wildman–Crippen LogP) is 5.73. The molecule has 8 heteroatoms. The number of halogens is 2. The van der Waals surface area contributed by atoms with E-state index in [1.165, 1.54) is 6.07 Å². The molecule has 1 saturated heterocycles. The Bertz CT molecular complexity index is 949. The molecule has 1 aliphatic carbocycles. The van der Waals surface area contributed by atoms with Gasteiger partial charge in [-0.3, -0.25) is 0 Å². The Morgan fingerprint density at radius 3 is 2.60 bits per heavy atom. The Labute approximate surface area is 213 Å². The van der Waals surface area contributed by atoms with Gasteiger partial charge in [-0.15, -0.1) is 0 Å². The smallest absolute Gasteiger partial charge is 0.146 e. The van der Waals surface area contributed by atoms with Crippen LogP contribution in [0.5, 0.6) is 0 Å². The van der Waals surface area contributed by atoms with Gasteiger partial charge in [-0.1, -0.05) is 17.7 Å². The minimum atomic E-state index is -0.255. The summed E-state index contributed by atoms with van der Waals surface area (Å²) in [6, 6.07) is 8.36. The van der Waals surface area contributed by atoms with Gasteiger partial charge in [0.05, 0.1) is 17.3 Å². The predicted molar refractivity (Wildman–Crippen MR) is 141 cm³/mol. The van der Waals surface area contributed by atoms with E-state index in [0.29, 0.717) is 34.8 Å². The summed E-state index contributed by atoms with van der Waals surface area (Å²) in [5, 5.41) is 11.1. The first-order chi connectivity index (χ1) is 17.0. The third kappa shape index (κ3) is 7.53. The molecule has 1 saturated carbocycles. The van der Waals surface area contributed by atoms with Crippen molar-refractivity contribution in [3.63, 3.8) is 0 Å². The number of nitrogens with zero attached hydrogens (tertiary/aromatic N) is 1. The second kappa shape index (κ2) is 12.9.